The highest BCUT2D eigenvalue weighted by molar-refractivity contribution is 7.53. The van der Waals surface area contributed by atoms with Crippen molar-refractivity contribution in [2.24, 2.45) is 0 Å². The molecule has 0 aliphatic rings. The average molecular weight is 454 g/mol. The zero-order valence-electron chi connectivity index (χ0n) is 16.5. The first-order chi connectivity index (χ1) is 14.7. The van der Waals surface area contributed by atoms with E-state index < -0.39 is 19.3 Å². The first kappa shape index (κ1) is 21.4. The second kappa shape index (κ2) is 8.03. The van der Waals surface area contributed by atoms with E-state index in [9.17, 15) is 17.7 Å². The zero-order chi connectivity index (χ0) is 22.2. The fourth-order valence-corrected chi connectivity index (χ4v) is 4.68. The van der Waals surface area contributed by atoms with Gasteiger partial charge in [0, 0.05) is 5.56 Å². The number of rotatable bonds is 7. The average Bonchev–Trinajstić information content (AvgIpc) is 3.34. The molecule has 0 atom stereocenters. The van der Waals surface area contributed by atoms with Crippen molar-refractivity contribution in [1.29, 1.82) is 0 Å². The quantitative estimate of drug-likeness (QED) is 0.411. The molecule has 13 heteroatoms. The van der Waals surface area contributed by atoms with E-state index >= 15 is 0 Å². The maximum atomic E-state index is 13.0. The number of hydrogen-bond acceptors (Lipinski definition) is 7. The Hall–Kier alpha value is -2.82. The summed E-state index contributed by atoms with van der Waals surface area (Å²) in [5.41, 5.74) is 0.762. The lowest BCUT2D eigenvalue weighted by Crippen LogP contribution is -2.07. The monoisotopic (exact) mass is 454 g/mol. The number of benzene rings is 1. The molecular weight excluding hydrogens is 436 g/mol. The minimum Gasteiger partial charge on any atom is -0.340 e. The van der Waals surface area contributed by atoms with Crippen LogP contribution in [0.2, 0.25) is 0 Å². The normalized spacial score (nSPS) is 12.8. The topological polar surface area (TPSA) is 107 Å². The van der Waals surface area contributed by atoms with E-state index in [4.69, 9.17) is 9.05 Å². The van der Waals surface area contributed by atoms with Gasteiger partial charge in [-0.1, -0.05) is 12.1 Å². The number of aromatic amines is 1. The smallest absolute Gasteiger partial charge is 0.340 e. The lowest BCUT2D eigenvalue weighted by atomic mass is 10.1. The Morgan fingerprint density at radius 2 is 1.77 bits per heavy atom. The molecule has 1 aromatic carbocycles. The van der Waals surface area contributed by atoms with Crippen molar-refractivity contribution in [3.63, 3.8) is 0 Å². The molecule has 0 amide bonds. The van der Waals surface area contributed by atoms with Gasteiger partial charge in [0.2, 0.25) is 0 Å². The van der Waals surface area contributed by atoms with Crippen LogP contribution < -0.4 is 0 Å². The number of fused-ring (bicyclic) bond motifs is 3. The maximum Gasteiger partial charge on any atom is 0.416 e. The number of halogens is 3. The van der Waals surface area contributed by atoms with Gasteiger partial charge in [-0.2, -0.15) is 17.7 Å². The van der Waals surface area contributed by atoms with Crippen molar-refractivity contribution in [2.75, 3.05) is 13.2 Å². The van der Waals surface area contributed by atoms with Crippen LogP contribution in [0.4, 0.5) is 13.2 Å². The molecule has 0 unspecified atom stereocenters. The van der Waals surface area contributed by atoms with Crippen LogP contribution in [-0.4, -0.2) is 42.8 Å². The maximum absolute atomic E-state index is 13.0. The molecule has 3 heterocycles. The Morgan fingerprint density at radius 1 is 1.10 bits per heavy atom. The molecule has 0 fully saturated rings. The third-order valence-corrected chi connectivity index (χ3v) is 6.36. The van der Waals surface area contributed by atoms with Crippen LogP contribution in [0.5, 0.6) is 0 Å². The Labute approximate surface area is 174 Å². The van der Waals surface area contributed by atoms with Crippen molar-refractivity contribution in [1.82, 2.24) is 29.5 Å². The number of imidazole rings is 1. The van der Waals surface area contributed by atoms with Crippen molar-refractivity contribution in [3.05, 3.63) is 42.0 Å². The summed E-state index contributed by atoms with van der Waals surface area (Å²) in [7, 11) is -3.51. The van der Waals surface area contributed by atoms with E-state index in [1.807, 2.05) is 0 Å². The van der Waals surface area contributed by atoms with Crippen LogP contribution in [0.3, 0.4) is 0 Å². The summed E-state index contributed by atoms with van der Waals surface area (Å²) in [6.45, 7) is 3.76. The van der Waals surface area contributed by atoms with Gasteiger partial charge < -0.3 is 14.0 Å². The highest BCUT2D eigenvalue weighted by Gasteiger charge is 2.31. The van der Waals surface area contributed by atoms with Crippen LogP contribution in [0.25, 0.3) is 28.2 Å². The van der Waals surface area contributed by atoms with Crippen LogP contribution in [0.1, 0.15) is 25.2 Å². The first-order valence-corrected chi connectivity index (χ1v) is 11.1. The van der Waals surface area contributed by atoms with E-state index in [2.05, 4.69) is 25.0 Å². The molecule has 0 aliphatic heterocycles. The molecule has 1 N–H and O–H groups in total. The number of H-pyrrole nitrogens is 1. The summed E-state index contributed by atoms with van der Waals surface area (Å²) in [5, 5.41) is 4.39. The molecule has 31 heavy (non-hydrogen) atoms. The van der Waals surface area contributed by atoms with Gasteiger partial charge in [0.05, 0.1) is 25.1 Å². The van der Waals surface area contributed by atoms with Gasteiger partial charge in [0.25, 0.3) is 0 Å². The van der Waals surface area contributed by atoms with Crippen LogP contribution in [0.15, 0.2) is 30.6 Å². The predicted octanol–water partition coefficient (Wildman–Crippen LogP) is 4.45. The van der Waals surface area contributed by atoms with Crippen LogP contribution in [0, 0.1) is 0 Å². The van der Waals surface area contributed by atoms with Gasteiger partial charge in [-0.25, -0.2) is 15.0 Å². The molecule has 0 saturated heterocycles. The van der Waals surface area contributed by atoms with Crippen LogP contribution in [-0.2, 0) is 26.0 Å². The SMILES string of the molecule is CCOP(=O)(Cc1nc2nc[nH]c2c2nc(-c3ccc(C(F)(F)F)cc3)nn12)OCC. The van der Waals surface area contributed by atoms with E-state index in [1.54, 1.807) is 13.8 Å². The van der Waals surface area contributed by atoms with Gasteiger partial charge in [0.15, 0.2) is 17.1 Å². The largest absolute Gasteiger partial charge is 0.416 e. The molecule has 9 nitrogen and oxygen atoms in total. The second-order valence-electron chi connectivity index (χ2n) is 6.48. The second-order valence-corrected chi connectivity index (χ2v) is 8.53. The summed E-state index contributed by atoms with van der Waals surface area (Å²) < 4.78 is 63.7. The van der Waals surface area contributed by atoms with Crippen molar-refractivity contribution < 1.29 is 26.8 Å². The standard InChI is InChI=1S/C18H18F3N6O3P/c1-3-29-31(28,30-4-2)9-13-24-16-14(22-10-23-16)17-25-15(26-27(13)17)11-5-7-12(8-6-11)18(19,20)21/h5-8,10H,3-4,9H2,1-2H3,(H,22,23). The Morgan fingerprint density at radius 3 is 2.39 bits per heavy atom. The molecule has 0 aliphatic carbocycles. The minimum atomic E-state index is -4.44. The van der Waals surface area contributed by atoms with Gasteiger partial charge in [-0.05, 0) is 26.0 Å². The molecule has 164 valence electrons. The summed E-state index contributed by atoms with van der Waals surface area (Å²) in [5.74, 6) is 0.423. The number of hydrogen-bond donors (Lipinski definition) is 1. The summed E-state index contributed by atoms with van der Waals surface area (Å²) in [4.78, 5) is 15.9. The molecular formula is C18H18F3N6O3P. The molecule has 0 spiro atoms. The summed E-state index contributed by atoms with van der Waals surface area (Å²) in [6, 6.07) is 4.51. The molecule has 0 radical (unpaired) electrons. The molecule has 3 aromatic heterocycles. The van der Waals surface area contributed by atoms with Crippen LogP contribution >= 0.6 is 7.60 Å². The molecule has 0 bridgehead atoms. The van der Waals surface area contributed by atoms with E-state index in [0.717, 1.165) is 12.1 Å². The number of nitrogens with one attached hydrogen (secondary N) is 1. The number of aromatic nitrogens is 6. The van der Waals surface area contributed by atoms with Crippen molar-refractivity contribution in [2.45, 2.75) is 26.2 Å². The van der Waals surface area contributed by atoms with Gasteiger partial charge in [0.1, 0.15) is 17.5 Å². The van der Waals surface area contributed by atoms with E-state index in [-0.39, 0.29) is 31.0 Å². The number of nitrogens with zero attached hydrogens (tertiary/aromatic N) is 5. The summed E-state index contributed by atoms with van der Waals surface area (Å²) >= 11 is 0. The van der Waals surface area contributed by atoms with Crippen molar-refractivity contribution >= 4 is 24.4 Å². The highest BCUT2D eigenvalue weighted by Crippen LogP contribution is 2.51. The van der Waals surface area contributed by atoms with E-state index in [0.29, 0.717) is 22.4 Å². The fourth-order valence-electron chi connectivity index (χ4n) is 3.09. The molecule has 4 rings (SSSR count). The Bertz CT molecular complexity index is 1260. The lowest BCUT2D eigenvalue weighted by molar-refractivity contribution is -0.137. The van der Waals surface area contributed by atoms with E-state index in [1.165, 1.54) is 23.0 Å². The van der Waals surface area contributed by atoms with Crippen molar-refractivity contribution in [3.8, 4) is 11.4 Å². The lowest BCUT2D eigenvalue weighted by Gasteiger charge is -2.16. The molecule has 0 saturated carbocycles. The van der Waals surface area contributed by atoms with Gasteiger partial charge in [-0.15, -0.1) is 5.10 Å². The highest BCUT2D eigenvalue weighted by atomic mass is 31.2. The van der Waals surface area contributed by atoms with Gasteiger partial charge >= 0.3 is 13.8 Å². The minimum absolute atomic E-state index is 0.177. The Kier molecular flexibility index (Phi) is 5.54. The third-order valence-electron chi connectivity index (χ3n) is 4.39. The zero-order valence-corrected chi connectivity index (χ0v) is 17.4. The number of alkyl halides is 3. The first-order valence-electron chi connectivity index (χ1n) is 9.38. The fraction of sp³-hybridized carbons (Fsp3) is 0.333. The molecule has 4 aromatic rings. The Balaban J connectivity index is 1.82. The predicted molar refractivity (Wildman–Crippen MR) is 105 cm³/mol. The summed E-state index contributed by atoms with van der Waals surface area (Å²) in [6.07, 6.45) is -3.19. The van der Waals surface area contributed by atoms with Gasteiger partial charge in [-0.3, -0.25) is 4.57 Å². The third kappa shape index (κ3) is 4.18.